The minimum atomic E-state index is -3.69. The molecular formula is C15H15BrFNO3S. The summed E-state index contributed by atoms with van der Waals surface area (Å²) in [4.78, 5) is 0.0387. The Morgan fingerprint density at radius 3 is 2.36 bits per heavy atom. The molecule has 0 radical (unpaired) electrons. The summed E-state index contributed by atoms with van der Waals surface area (Å²) in [5.41, 5.74) is 0.827. The van der Waals surface area contributed by atoms with Crippen LogP contribution in [0.3, 0.4) is 0 Å². The number of benzene rings is 2. The van der Waals surface area contributed by atoms with Gasteiger partial charge in [-0.1, -0.05) is 12.1 Å². The number of sulfonamides is 1. The first-order valence-electron chi connectivity index (χ1n) is 6.39. The lowest BCUT2D eigenvalue weighted by Crippen LogP contribution is -2.26. The molecule has 2 aromatic rings. The third-order valence-corrected chi connectivity index (χ3v) is 5.57. The molecule has 0 saturated heterocycles. The van der Waals surface area contributed by atoms with Gasteiger partial charge in [0.15, 0.2) is 0 Å². The van der Waals surface area contributed by atoms with Crippen molar-refractivity contribution in [3.63, 3.8) is 0 Å². The van der Waals surface area contributed by atoms with Crippen molar-refractivity contribution in [2.24, 2.45) is 0 Å². The van der Waals surface area contributed by atoms with Gasteiger partial charge < -0.3 is 4.74 Å². The Kier molecular flexibility index (Phi) is 5.20. The zero-order valence-corrected chi connectivity index (χ0v) is 14.5. The molecule has 0 spiro atoms. The van der Waals surface area contributed by atoms with Crippen LogP contribution in [0.2, 0.25) is 0 Å². The molecule has 0 atom stereocenters. The number of rotatable bonds is 5. The quantitative estimate of drug-likeness (QED) is 0.789. The van der Waals surface area contributed by atoms with Crippen molar-refractivity contribution in [1.82, 2.24) is 4.31 Å². The van der Waals surface area contributed by atoms with E-state index in [9.17, 15) is 12.8 Å². The Morgan fingerprint density at radius 1 is 1.18 bits per heavy atom. The SMILES string of the molecule is COc1ccc(CN(C)S(=O)(=O)c2ccc(F)c(Br)c2)cc1. The van der Waals surface area contributed by atoms with Gasteiger partial charge in [-0.3, -0.25) is 0 Å². The summed E-state index contributed by atoms with van der Waals surface area (Å²) in [6, 6.07) is 10.8. The minimum Gasteiger partial charge on any atom is -0.497 e. The van der Waals surface area contributed by atoms with Crippen molar-refractivity contribution in [2.45, 2.75) is 11.4 Å². The van der Waals surface area contributed by atoms with Crippen LogP contribution in [0, 0.1) is 5.82 Å². The maximum atomic E-state index is 13.2. The van der Waals surface area contributed by atoms with E-state index in [0.717, 1.165) is 11.6 Å². The molecule has 22 heavy (non-hydrogen) atoms. The van der Waals surface area contributed by atoms with E-state index in [1.807, 2.05) is 0 Å². The van der Waals surface area contributed by atoms with E-state index in [1.54, 1.807) is 31.4 Å². The van der Waals surface area contributed by atoms with Gasteiger partial charge in [0, 0.05) is 13.6 Å². The van der Waals surface area contributed by atoms with Crippen molar-refractivity contribution < 1.29 is 17.5 Å². The summed E-state index contributed by atoms with van der Waals surface area (Å²) in [5, 5.41) is 0. The first-order chi connectivity index (χ1) is 10.3. The third-order valence-electron chi connectivity index (χ3n) is 3.16. The second kappa shape index (κ2) is 6.76. The van der Waals surface area contributed by atoms with Crippen LogP contribution in [-0.4, -0.2) is 26.9 Å². The maximum Gasteiger partial charge on any atom is 0.243 e. The number of hydrogen-bond acceptors (Lipinski definition) is 3. The fourth-order valence-electron chi connectivity index (χ4n) is 1.89. The molecule has 0 saturated carbocycles. The van der Waals surface area contributed by atoms with E-state index in [2.05, 4.69) is 15.9 Å². The van der Waals surface area contributed by atoms with Crippen LogP contribution in [0.4, 0.5) is 4.39 Å². The van der Waals surface area contributed by atoms with Crippen molar-refractivity contribution >= 4 is 26.0 Å². The summed E-state index contributed by atoms with van der Waals surface area (Å²) in [5.74, 6) is 0.202. The Hall–Kier alpha value is -1.44. The zero-order chi connectivity index (χ0) is 16.3. The number of hydrogen-bond donors (Lipinski definition) is 0. The van der Waals surface area contributed by atoms with E-state index in [0.29, 0.717) is 5.75 Å². The summed E-state index contributed by atoms with van der Waals surface area (Å²) in [7, 11) is -0.636. The molecule has 0 heterocycles. The highest BCUT2D eigenvalue weighted by atomic mass is 79.9. The average Bonchev–Trinajstić information content (AvgIpc) is 2.50. The van der Waals surface area contributed by atoms with Gasteiger partial charge in [0.1, 0.15) is 11.6 Å². The van der Waals surface area contributed by atoms with E-state index in [4.69, 9.17) is 4.74 Å². The third kappa shape index (κ3) is 3.66. The van der Waals surface area contributed by atoms with Gasteiger partial charge in [0.05, 0.1) is 16.5 Å². The standard InChI is InChI=1S/C15H15BrFNO3S/c1-18(10-11-3-5-12(21-2)6-4-11)22(19,20)13-7-8-15(17)14(16)9-13/h3-9H,10H2,1-2H3. The molecule has 0 aliphatic carbocycles. The van der Waals surface area contributed by atoms with Crippen LogP contribution in [0.15, 0.2) is 51.8 Å². The van der Waals surface area contributed by atoms with E-state index in [1.165, 1.54) is 23.5 Å². The predicted octanol–water partition coefficient (Wildman–Crippen LogP) is 3.42. The fourth-order valence-corrected chi connectivity index (χ4v) is 3.61. The fraction of sp³-hybridized carbons (Fsp3) is 0.200. The van der Waals surface area contributed by atoms with E-state index >= 15 is 0 Å². The molecule has 2 rings (SSSR count). The summed E-state index contributed by atoms with van der Waals surface area (Å²) in [6.45, 7) is 0.210. The number of methoxy groups -OCH3 is 1. The summed E-state index contributed by atoms with van der Waals surface area (Å²) >= 11 is 3.00. The van der Waals surface area contributed by atoms with Crippen LogP contribution in [-0.2, 0) is 16.6 Å². The van der Waals surface area contributed by atoms with Gasteiger partial charge in [-0.25, -0.2) is 12.8 Å². The van der Waals surface area contributed by atoms with Crippen LogP contribution in [0.25, 0.3) is 0 Å². The molecule has 0 aromatic heterocycles. The molecule has 4 nitrogen and oxygen atoms in total. The molecule has 0 fully saturated rings. The van der Waals surface area contributed by atoms with Gasteiger partial charge in [0.25, 0.3) is 0 Å². The monoisotopic (exact) mass is 387 g/mol. The summed E-state index contributed by atoms with van der Waals surface area (Å²) < 4.78 is 44.6. The van der Waals surface area contributed by atoms with Gasteiger partial charge in [-0.15, -0.1) is 0 Å². The van der Waals surface area contributed by atoms with Crippen molar-refractivity contribution in [2.75, 3.05) is 14.2 Å². The van der Waals surface area contributed by atoms with Crippen molar-refractivity contribution in [3.05, 3.63) is 58.3 Å². The van der Waals surface area contributed by atoms with Crippen LogP contribution in [0.1, 0.15) is 5.56 Å². The van der Waals surface area contributed by atoms with Gasteiger partial charge in [-0.05, 0) is 51.8 Å². The number of ether oxygens (including phenoxy) is 1. The normalized spacial score (nSPS) is 11.7. The molecule has 0 aliphatic heterocycles. The Morgan fingerprint density at radius 2 is 1.82 bits per heavy atom. The smallest absolute Gasteiger partial charge is 0.243 e. The Balaban J connectivity index is 2.22. The van der Waals surface area contributed by atoms with Crippen LogP contribution >= 0.6 is 15.9 Å². The van der Waals surface area contributed by atoms with Crippen LogP contribution < -0.4 is 4.74 Å². The van der Waals surface area contributed by atoms with Gasteiger partial charge >= 0.3 is 0 Å². The number of halogens is 2. The second-order valence-electron chi connectivity index (χ2n) is 4.69. The Labute approximate surface area is 137 Å². The molecule has 0 aliphatic rings. The van der Waals surface area contributed by atoms with E-state index in [-0.39, 0.29) is 15.9 Å². The largest absolute Gasteiger partial charge is 0.497 e. The highest BCUT2D eigenvalue weighted by Gasteiger charge is 2.21. The first-order valence-corrected chi connectivity index (χ1v) is 8.62. The van der Waals surface area contributed by atoms with Crippen molar-refractivity contribution in [3.8, 4) is 5.75 Å². The van der Waals surface area contributed by atoms with Gasteiger partial charge in [0.2, 0.25) is 10.0 Å². The highest BCUT2D eigenvalue weighted by Crippen LogP contribution is 2.23. The molecular weight excluding hydrogens is 373 g/mol. The molecule has 0 amide bonds. The highest BCUT2D eigenvalue weighted by molar-refractivity contribution is 9.10. The second-order valence-corrected chi connectivity index (χ2v) is 7.58. The Bertz CT molecular complexity index is 763. The molecule has 7 heteroatoms. The predicted molar refractivity (Wildman–Crippen MR) is 85.7 cm³/mol. The van der Waals surface area contributed by atoms with Crippen LogP contribution in [0.5, 0.6) is 5.75 Å². The lowest BCUT2D eigenvalue weighted by molar-refractivity contribution is 0.414. The molecule has 2 aromatic carbocycles. The molecule has 0 N–H and O–H groups in total. The first kappa shape index (κ1) is 16.9. The lowest BCUT2D eigenvalue weighted by atomic mass is 10.2. The van der Waals surface area contributed by atoms with Gasteiger partial charge in [-0.2, -0.15) is 4.31 Å². The van der Waals surface area contributed by atoms with E-state index < -0.39 is 15.8 Å². The minimum absolute atomic E-state index is 0.0387. The molecule has 118 valence electrons. The number of nitrogens with zero attached hydrogens (tertiary/aromatic N) is 1. The topological polar surface area (TPSA) is 46.6 Å². The summed E-state index contributed by atoms with van der Waals surface area (Å²) in [6.07, 6.45) is 0. The molecule has 0 unspecified atom stereocenters. The average molecular weight is 388 g/mol. The van der Waals surface area contributed by atoms with Crippen molar-refractivity contribution in [1.29, 1.82) is 0 Å². The zero-order valence-electron chi connectivity index (χ0n) is 12.1. The molecule has 0 bridgehead atoms. The lowest BCUT2D eigenvalue weighted by Gasteiger charge is -2.17. The maximum absolute atomic E-state index is 13.2.